The van der Waals surface area contributed by atoms with Crippen LogP contribution in [0.25, 0.3) is 0 Å². The van der Waals surface area contributed by atoms with Gasteiger partial charge in [-0.2, -0.15) is 0 Å². The summed E-state index contributed by atoms with van der Waals surface area (Å²) in [6.45, 7) is 4.19. The van der Waals surface area contributed by atoms with Crippen molar-refractivity contribution in [1.29, 1.82) is 0 Å². The highest BCUT2D eigenvalue weighted by Crippen LogP contribution is 2.34. The van der Waals surface area contributed by atoms with Crippen LogP contribution in [0.15, 0.2) is 12.1 Å². The third-order valence-electron chi connectivity index (χ3n) is 2.85. The number of halogens is 1. The molecule has 1 aromatic carbocycles. The number of rotatable bonds is 8. The van der Waals surface area contributed by atoms with Gasteiger partial charge in [-0.3, -0.25) is 0 Å². The third-order valence-corrected chi connectivity index (χ3v) is 2.85. The zero-order valence-corrected chi connectivity index (χ0v) is 11.8. The zero-order chi connectivity index (χ0) is 15.1. The molecular formula is C14H22FNO4. The third kappa shape index (κ3) is 4.06. The fourth-order valence-corrected chi connectivity index (χ4v) is 1.85. The number of nitrogens with two attached hydrogens (primary N) is 1. The molecule has 0 aromatic heterocycles. The topological polar surface area (TPSA) is 84.9 Å². The maximum absolute atomic E-state index is 14.0. The van der Waals surface area contributed by atoms with Crippen LogP contribution >= 0.6 is 0 Å². The van der Waals surface area contributed by atoms with Crippen molar-refractivity contribution in [2.24, 2.45) is 5.73 Å². The standard InChI is InChI=1S/C14H22FNO4/c1-3-19-12-7-9(14(18)11(16)5-6-17)10(15)8-13(12)20-4-2/h7-8,11,14,17-18H,3-6,16H2,1-2H3. The van der Waals surface area contributed by atoms with Crippen molar-refractivity contribution < 1.29 is 24.1 Å². The van der Waals surface area contributed by atoms with Crippen LogP contribution in [0.3, 0.4) is 0 Å². The lowest BCUT2D eigenvalue weighted by molar-refractivity contribution is 0.125. The van der Waals surface area contributed by atoms with Gasteiger partial charge < -0.3 is 25.4 Å². The van der Waals surface area contributed by atoms with E-state index in [-0.39, 0.29) is 18.6 Å². The molecular weight excluding hydrogens is 265 g/mol. The Hall–Kier alpha value is -1.37. The lowest BCUT2D eigenvalue weighted by Gasteiger charge is -2.20. The summed E-state index contributed by atoms with van der Waals surface area (Å²) in [7, 11) is 0. The van der Waals surface area contributed by atoms with Gasteiger partial charge in [0.05, 0.1) is 19.3 Å². The molecule has 1 aromatic rings. The summed E-state index contributed by atoms with van der Waals surface area (Å²) in [6, 6.07) is 1.83. The number of aliphatic hydroxyl groups excluding tert-OH is 2. The Morgan fingerprint density at radius 3 is 2.25 bits per heavy atom. The Labute approximate surface area is 118 Å². The van der Waals surface area contributed by atoms with Gasteiger partial charge >= 0.3 is 0 Å². The normalized spacial score (nSPS) is 13.9. The monoisotopic (exact) mass is 287 g/mol. The average Bonchev–Trinajstić information content (AvgIpc) is 2.41. The van der Waals surface area contributed by atoms with Gasteiger partial charge in [0.15, 0.2) is 11.5 Å². The molecule has 0 saturated carbocycles. The highest BCUT2D eigenvalue weighted by molar-refractivity contribution is 5.44. The second kappa shape index (κ2) is 8.04. The molecule has 0 fully saturated rings. The molecule has 0 bridgehead atoms. The minimum Gasteiger partial charge on any atom is -0.490 e. The van der Waals surface area contributed by atoms with Gasteiger partial charge in [0.1, 0.15) is 5.82 Å². The highest BCUT2D eigenvalue weighted by atomic mass is 19.1. The van der Waals surface area contributed by atoms with E-state index in [4.69, 9.17) is 20.3 Å². The van der Waals surface area contributed by atoms with E-state index in [1.807, 2.05) is 0 Å². The fraction of sp³-hybridized carbons (Fsp3) is 0.571. The SMILES string of the molecule is CCOc1cc(F)c(C(O)C(N)CCO)cc1OCC. The summed E-state index contributed by atoms with van der Waals surface area (Å²) in [6.07, 6.45) is -1.03. The second-order valence-electron chi connectivity index (χ2n) is 4.31. The predicted molar refractivity (Wildman–Crippen MR) is 73.4 cm³/mol. The molecule has 0 saturated heterocycles. The van der Waals surface area contributed by atoms with E-state index >= 15 is 0 Å². The summed E-state index contributed by atoms with van der Waals surface area (Å²) >= 11 is 0. The molecule has 0 radical (unpaired) electrons. The van der Waals surface area contributed by atoms with Crippen LogP contribution in [0.5, 0.6) is 11.5 Å². The van der Waals surface area contributed by atoms with Crippen LogP contribution in [0.1, 0.15) is 31.9 Å². The minimum absolute atomic E-state index is 0.0397. The van der Waals surface area contributed by atoms with Crippen LogP contribution in [0.2, 0.25) is 0 Å². The molecule has 0 spiro atoms. The van der Waals surface area contributed by atoms with E-state index in [1.165, 1.54) is 12.1 Å². The summed E-state index contributed by atoms with van der Waals surface area (Å²) in [4.78, 5) is 0. The van der Waals surface area contributed by atoms with Crippen molar-refractivity contribution in [1.82, 2.24) is 0 Å². The van der Waals surface area contributed by atoms with E-state index in [2.05, 4.69) is 0 Å². The number of aliphatic hydroxyl groups is 2. The van der Waals surface area contributed by atoms with Crippen LogP contribution in [-0.2, 0) is 0 Å². The maximum Gasteiger partial charge on any atom is 0.164 e. The Morgan fingerprint density at radius 1 is 1.20 bits per heavy atom. The van der Waals surface area contributed by atoms with Gasteiger partial charge in [0.25, 0.3) is 0 Å². The molecule has 2 unspecified atom stereocenters. The van der Waals surface area contributed by atoms with E-state index in [0.717, 1.165) is 0 Å². The molecule has 2 atom stereocenters. The lowest BCUT2D eigenvalue weighted by atomic mass is 9.99. The molecule has 20 heavy (non-hydrogen) atoms. The summed E-state index contributed by atoms with van der Waals surface area (Å²) in [5.74, 6) is 0.0392. The maximum atomic E-state index is 14.0. The molecule has 0 aliphatic heterocycles. The Kier molecular flexibility index (Phi) is 6.70. The minimum atomic E-state index is -1.21. The first-order valence-corrected chi connectivity index (χ1v) is 6.68. The summed E-state index contributed by atoms with van der Waals surface area (Å²) < 4.78 is 24.7. The molecule has 114 valence electrons. The van der Waals surface area contributed by atoms with Gasteiger partial charge in [-0.15, -0.1) is 0 Å². The second-order valence-corrected chi connectivity index (χ2v) is 4.31. The van der Waals surface area contributed by atoms with E-state index < -0.39 is 18.0 Å². The Bertz CT molecular complexity index is 428. The van der Waals surface area contributed by atoms with Crippen LogP contribution in [-0.4, -0.2) is 36.1 Å². The first kappa shape index (κ1) is 16.7. The summed E-state index contributed by atoms with van der Waals surface area (Å²) in [5.41, 5.74) is 5.74. The van der Waals surface area contributed by atoms with Crippen molar-refractivity contribution in [2.75, 3.05) is 19.8 Å². The largest absolute Gasteiger partial charge is 0.490 e. The predicted octanol–water partition coefficient (Wildman–Crippen LogP) is 1.37. The number of benzene rings is 1. The average molecular weight is 287 g/mol. The van der Waals surface area contributed by atoms with Crippen molar-refractivity contribution in [3.05, 3.63) is 23.5 Å². The van der Waals surface area contributed by atoms with E-state index in [1.54, 1.807) is 13.8 Å². The van der Waals surface area contributed by atoms with Gasteiger partial charge in [-0.25, -0.2) is 4.39 Å². The molecule has 4 N–H and O–H groups in total. The molecule has 0 heterocycles. The molecule has 5 nitrogen and oxygen atoms in total. The Balaban J connectivity index is 3.10. The number of ether oxygens (including phenoxy) is 2. The van der Waals surface area contributed by atoms with Crippen LogP contribution in [0.4, 0.5) is 4.39 Å². The van der Waals surface area contributed by atoms with Crippen molar-refractivity contribution in [3.63, 3.8) is 0 Å². The highest BCUT2D eigenvalue weighted by Gasteiger charge is 2.22. The lowest BCUT2D eigenvalue weighted by Crippen LogP contribution is -2.30. The van der Waals surface area contributed by atoms with Crippen molar-refractivity contribution in [2.45, 2.75) is 32.4 Å². The number of hydrogen-bond donors (Lipinski definition) is 3. The fourth-order valence-electron chi connectivity index (χ4n) is 1.85. The molecule has 0 amide bonds. The molecule has 0 aliphatic rings. The summed E-state index contributed by atoms with van der Waals surface area (Å²) in [5, 5.41) is 18.9. The molecule has 6 heteroatoms. The first-order valence-electron chi connectivity index (χ1n) is 6.68. The zero-order valence-electron chi connectivity index (χ0n) is 11.8. The van der Waals surface area contributed by atoms with Gasteiger partial charge in [-0.1, -0.05) is 0 Å². The van der Waals surface area contributed by atoms with E-state index in [0.29, 0.717) is 24.7 Å². The quantitative estimate of drug-likeness (QED) is 0.672. The van der Waals surface area contributed by atoms with Crippen LogP contribution in [0, 0.1) is 5.82 Å². The van der Waals surface area contributed by atoms with Crippen molar-refractivity contribution >= 4 is 0 Å². The van der Waals surface area contributed by atoms with Gasteiger partial charge in [0.2, 0.25) is 0 Å². The molecule has 1 rings (SSSR count). The van der Waals surface area contributed by atoms with Gasteiger partial charge in [0, 0.05) is 24.3 Å². The van der Waals surface area contributed by atoms with Crippen molar-refractivity contribution in [3.8, 4) is 11.5 Å². The Morgan fingerprint density at radius 2 is 1.75 bits per heavy atom. The van der Waals surface area contributed by atoms with E-state index in [9.17, 15) is 9.50 Å². The smallest absolute Gasteiger partial charge is 0.164 e. The number of hydrogen-bond acceptors (Lipinski definition) is 5. The molecule has 0 aliphatic carbocycles. The van der Waals surface area contributed by atoms with Crippen LogP contribution < -0.4 is 15.2 Å². The first-order chi connectivity index (χ1) is 9.54. The van der Waals surface area contributed by atoms with Gasteiger partial charge in [-0.05, 0) is 26.3 Å².